The van der Waals surface area contributed by atoms with Crippen LogP contribution in [0, 0.1) is 5.92 Å². The topological polar surface area (TPSA) is 58.6 Å². The molecular weight excluding hydrogens is 465 g/mol. The Balaban J connectivity index is 1.56. The first-order chi connectivity index (χ1) is 16.2. The minimum absolute atomic E-state index is 0.100. The van der Waals surface area contributed by atoms with Crippen molar-refractivity contribution in [2.45, 2.75) is 49.4 Å². The number of amides is 2. The Bertz CT molecular complexity index is 977. The lowest BCUT2D eigenvalue weighted by molar-refractivity contribution is -0.138. The van der Waals surface area contributed by atoms with Gasteiger partial charge in [0.2, 0.25) is 5.91 Å². The number of hydrogen-bond donors (Lipinski definition) is 1. The van der Waals surface area contributed by atoms with Crippen LogP contribution in [0.5, 0.6) is 5.75 Å². The zero-order chi connectivity index (χ0) is 24.7. The fraction of sp³-hybridized carbons (Fsp3) is 0.440. The van der Waals surface area contributed by atoms with Crippen LogP contribution in [0.3, 0.4) is 0 Å². The van der Waals surface area contributed by atoms with Crippen LogP contribution in [0.1, 0.15) is 38.7 Å². The number of nitrogens with zero attached hydrogens (tertiary/aromatic N) is 1. The van der Waals surface area contributed by atoms with E-state index in [0.29, 0.717) is 36.6 Å². The van der Waals surface area contributed by atoms with Crippen LogP contribution < -0.4 is 10.1 Å². The molecule has 0 aromatic heterocycles. The monoisotopic (exact) mass is 494 g/mol. The van der Waals surface area contributed by atoms with Crippen LogP contribution in [0.25, 0.3) is 0 Å². The van der Waals surface area contributed by atoms with Gasteiger partial charge in [-0.3, -0.25) is 9.59 Å². The van der Waals surface area contributed by atoms with Gasteiger partial charge >= 0.3 is 6.18 Å². The predicted octanol–water partition coefficient (Wildman–Crippen LogP) is 5.85. The molecule has 2 aromatic rings. The number of hydrogen-bond acceptors (Lipinski definition) is 4. The largest absolute Gasteiger partial charge is 0.484 e. The Morgan fingerprint density at radius 1 is 1.15 bits per heavy atom. The van der Waals surface area contributed by atoms with E-state index >= 15 is 0 Å². The number of rotatable bonds is 8. The molecule has 1 atom stereocenters. The molecular formula is C25H29F3N2O3S. The first-order valence-electron chi connectivity index (χ1n) is 11.3. The van der Waals surface area contributed by atoms with Crippen LogP contribution in [0.2, 0.25) is 0 Å². The van der Waals surface area contributed by atoms with Gasteiger partial charge < -0.3 is 15.0 Å². The van der Waals surface area contributed by atoms with Crippen molar-refractivity contribution in [1.82, 2.24) is 4.90 Å². The minimum atomic E-state index is -4.58. The molecule has 0 bridgehead atoms. The molecule has 0 saturated carbocycles. The number of para-hydroxylation sites is 1. The van der Waals surface area contributed by atoms with Crippen molar-refractivity contribution in [2.24, 2.45) is 5.92 Å². The quantitative estimate of drug-likeness (QED) is 0.468. The van der Waals surface area contributed by atoms with E-state index in [2.05, 4.69) is 5.32 Å². The SMILES string of the molecule is CCC(C)Sc1ccc(NC(=O)C2CCN(C(=O)COc3ccccc3)CC2)c(C(F)(F)F)c1. The van der Waals surface area contributed by atoms with Gasteiger partial charge in [-0.25, -0.2) is 0 Å². The zero-order valence-electron chi connectivity index (χ0n) is 19.2. The average molecular weight is 495 g/mol. The van der Waals surface area contributed by atoms with E-state index in [1.165, 1.54) is 17.8 Å². The number of anilines is 1. The molecule has 0 radical (unpaired) electrons. The molecule has 9 heteroatoms. The lowest BCUT2D eigenvalue weighted by Gasteiger charge is -2.31. The number of benzene rings is 2. The molecule has 34 heavy (non-hydrogen) atoms. The second kappa shape index (κ2) is 11.6. The second-order valence-corrected chi connectivity index (χ2v) is 9.80. The van der Waals surface area contributed by atoms with E-state index in [1.54, 1.807) is 23.1 Å². The third-order valence-corrected chi connectivity index (χ3v) is 7.05. The molecule has 2 aromatic carbocycles. The summed E-state index contributed by atoms with van der Waals surface area (Å²) < 4.78 is 46.5. The lowest BCUT2D eigenvalue weighted by Crippen LogP contribution is -2.43. The number of carbonyl (C=O) groups is 2. The first-order valence-corrected chi connectivity index (χ1v) is 12.2. The molecule has 1 N–H and O–H groups in total. The van der Waals surface area contributed by atoms with Gasteiger partial charge in [0.05, 0.1) is 11.3 Å². The smallest absolute Gasteiger partial charge is 0.418 e. The van der Waals surface area contributed by atoms with Crippen LogP contribution in [-0.2, 0) is 15.8 Å². The predicted molar refractivity (Wildman–Crippen MR) is 127 cm³/mol. The van der Waals surface area contributed by atoms with Crippen molar-refractivity contribution in [3.63, 3.8) is 0 Å². The standard InChI is InChI=1S/C25H29F3N2O3S/c1-3-17(2)34-20-9-10-22(21(15-20)25(26,27)28)29-24(32)18-11-13-30(14-12-18)23(31)16-33-19-7-5-4-6-8-19/h4-10,15,17-18H,3,11-14,16H2,1-2H3,(H,29,32). The number of carbonyl (C=O) groups excluding carboxylic acids is 2. The van der Waals surface area contributed by atoms with Crippen molar-refractivity contribution in [3.8, 4) is 5.75 Å². The molecule has 1 saturated heterocycles. The van der Waals surface area contributed by atoms with Crippen LogP contribution in [-0.4, -0.2) is 41.7 Å². The number of likely N-dealkylation sites (tertiary alicyclic amines) is 1. The molecule has 3 rings (SSSR count). The average Bonchev–Trinajstić information content (AvgIpc) is 2.83. The maximum atomic E-state index is 13.7. The Hall–Kier alpha value is -2.68. The molecule has 1 unspecified atom stereocenters. The Morgan fingerprint density at radius 3 is 2.44 bits per heavy atom. The summed E-state index contributed by atoms with van der Waals surface area (Å²) in [5, 5.41) is 2.66. The minimum Gasteiger partial charge on any atom is -0.484 e. The van der Waals surface area contributed by atoms with E-state index in [1.807, 2.05) is 32.0 Å². The maximum Gasteiger partial charge on any atom is 0.418 e. The summed E-state index contributed by atoms with van der Waals surface area (Å²) in [6, 6.07) is 13.0. The Kier molecular flexibility index (Phi) is 8.88. The molecule has 0 spiro atoms. The normalized spacial score (nSPS) is 15.6. The highest BCUT2D eigenvalue weighted by Gasteiger charge is 2.35. The summed E-state index contributed by atoms with van der Waals surface area (Å²) in [4.78, 5) is 27.3. The van der Waals surface area contributed by atoms with Crippen molar-refractivity contribution in [1.29, 1.82) is 0 Å². The number of ether oxygens (including phenoxy) is 1. The van der Waals surface area contributed by atoms with E-state index < -0.39 is 23.6 Å². The van der Waals surface area contributed by atoms with Crippen molar-refractivity contribution < 1.29 is 27.5 Å². The van der Waals surface area contributed by atoms with Crippen LogP contribution >= 0.6 is 11.8 Å². The molecule has 2 amide bonds. The molecule has 1 fully saturated rings. The summed E-state index contributed by atoms with van der Waals surface area (Å²) >= 11 is 1.37. The first kappa shape index (κ1) is 25.9. The lowest BCUT2D eigenvalue weighted by atomic mass is 9.95. The van der Waals surface area contributed by atoms with Crippen LogP contribution in [0.4, 0.5) is 18.9 Å². The van der Waals surface area contributed by atoms with Gasteiger partial charge in [0.1, 0.15) is 5.75 Å². The fourth-order valence-electron chi connectivity index (χ4n) is 3.63. The van der Waals surface area contributed by atoms with Gasteiger partial charge in [0.25, 0.3) is 5.91 Å². The summed E-state index contributed by atoms with van der Waals surface area (Å²) in [5.74, 6) is -0.509. The fourth-order valence-corrected chi connectivity index (χ4v) is 4.60. The Labute approximate surface area is 202 Å². The van der Waals surface area contributed by atoms with Crippen molar-refractivity contribution >= 4 is 29.3 Å². The number of nitrogens with one attached hydrogen (secondary N) is 1. The van der Waals surface area contributed by atoms with Crippen LogP contribution in [0.15, 0.2) is 53.4 Å². The highest BCUT2D eigenvalue weighted by molar-refractivity contribution is 7.99. The zero-order valence-corrected chi connectivity index (χ0v) is 20.0. The molecule has 0 aliphatic carbocycles. The van der Waals surface area contributed by atoms with Crippen molar-refractivity contribution in [2.75, 3.05) is 25.0 Å². The second-order valence-electron chi connectivity index (χ2n) is 8.29. The molecule has 1 heterocycles. The highest BCUT2D eigenvalue weighted by atomic mass is 32.2. The third kappa shape index (κ3) is 7.16. The van der Waals surface area contributed by atoms with Crippen molar-refractivity contribution in [3.05, 3.63) is 54.1 Å². The number of thioether (sulfide) groups is 1. The number of halogens is 3. The number of piperidine rings is 1. The molecule has 1 aliphatic heterocycles. The Morgan fingerprint density at radius 2 is 1.82 bits per heavy atom. The van der Waals surface area contributed by atoms with Gasteiger partial charge in [-0.05, 0) is 49.6 Å². The summed E-state index contributed by atoms with van der Waals surface area (Å²) in [6.07, 6.45) is -2.98. The molecule has 184 valence electrons. The third-order valence-electron chi connectivity index (χ3n) is 5.79. The van der Waals surface area contributed by atoms with Gasteiger partial charge in [0, 0.05) is 29.2 Å². The summed E-state index contributed by atoms with van der Waals surface area (Å²) in [7, 11) is 0. The van der Waals surface area contributed by atoms with Gasteiger partial charge in [0.15, 0.2) is 6.61 Å². The summed E-state index contributed by atoms with van der Waals surface area (Å²) in [5.41, 5.74) is -1.08. The van der Waals surface area contributed by atoms with Gasteiger partial charge in [-0.15, -0.1) is 11.8 Å². The summed E-state index contributed by atoms with van der Waals surface area (Å²) in [6.45, 7) is 4.54. The van der Waals surface area contributed by atoms with Gasteiger partial charge in [-0.2, -0.15) is 13.2 Å². The molecule has 5 nitrogen and oxygen atoms in total. The number of alkyl halides is 3. The maximum absolute atomic E-state index is 13.7. The van der Waals surface area contributed by atoms with E-state index in [4.69, 9.17) is 4.74 Å². The van der Waals surface area contributed by atoms with E-state index in [0.717, 1.165) is 12.5 Å². The van der Waals surface area contributed by atoms with E-state index in [-0.39, 0.29) is 23.5 Å². The molecule has 1 aliphatic rings. The highest BCUT2D eigenvalue weighted by Crippen LogP contribution is 2.38. The van der Waals surface area contributed by atoms with Gasteiger partial charge in [-0.1, -0.05) is 32.0 Å². The van der Waals surface area contributed by atoms with E-state index in [9.17, 15) is 22.8 Å².